The van der Waals surface area contributed by atoms with Crippen LogP contribution in [0.4, 0.5) is 4.39 Å². The molecule has 3 N–H and O–H groups in total. The fourth-order valence-corrected chi connectivity index (χ4v) is 1.74. The topological polar surface area (TPSA) is 59.1 Å². The zero-order valence-electron chi connectivity index (χ0n) is 10.8. The number of hydrogen-bond donors (Lipinski definition) is 2. The van der Waals surface area contributed by atoms with Crippen LogP contribution in [-0.2, 0) is 11.3 Å². The molecule has 0 aliphatic carbocycles. The van der Waals surface area contributed by atoms with Gasteiger partial charge in [-0.15, -0.1) is 0 Å². The summed E-state index contributed by atoms with van der Waals surface area (Å²) in [6, 6.07) is 4.26. The first-order valence-corrected chi connectivity index (χ1v) is 6.35. The van der Waals surface area contributed by atoms with E-state index in [1.165, 1.54) is 31.4 Å². The molecule has 0 saturated heterocycles. The molecular formula is C14H21FN2O. The SMILES string of the molecule is CCCCCCOCc1ccc(F)cc1C(=N)N. The molecule has 0 atom stereocenters. The van der Waals surface area contributed by atoms with Crippen molar-refractivity contribution in [1.82, 2.24) is 0 Å². The van der Waals surface area contributed by atoms with Crippen LogP contribution in [0.3, 0.4) is 0 Å². The maximum atomic E-state index is 13.0. The summed E-state index contributed by atoms with van der Waals surface area (Å²) < 4.78 is 18.6. The molecule has 3 nitrogen and oxygen atoms in total. The molecule has 1 aromatic carbocycles. The molecule has 1 rings (SSSR count). The number of amidine groups is 1. The van der Waals surface area contributed by atoms with E-state index in [2.05, 4.69) is 6.92 Å². The molecule has 0 fully saturated rings. The maximum absolute atomic E-state index is 13.0. The first kappa shape index (κ1) is 14.6. The second-order valence-corrected chi connectivity index (χ2v) is 4.33. The number of ether oxygens (including phenoxy) is 1. The Balaban J connectivity index is 2.44. The number of rotatable bonds is 8. The number of hydrogen-bond acceptors (Lipinski definition) is 2. The van der Waals surface area contributed by atoms with E-state index in [9.17, 15) is 4.39 Å². The van der Waals surface area contributed by atoms with Crippen LogP contribution in [0.25, 0.3) is 0 Å². The first-order chi connectivity index (χ1) is 8.65. The van der Waals surface area contributed by atoms with Gasteiger partial charge in [-0.25, -0.2) is 4.39 Å². The summed E-state index contributed by atoms with van der Waals surface area (Å²) in [6.07, 6.45) is 4.62. The van der Waals surface area contributed by atoms with E-state index in [0.29, 0.717) is 18.8 Å². The van der Waals surface area contributed by atoms with Gasteiger partial charge in [0.05, 0.1) is 6.61 Å². The molecular weight excluding hydrogens is 231 g/mol. The summed E-state index contributed by atoms with van der Waals surface area (Å²) in [7, 11) is 0. The van der Waals surface area contributed by atoms with E-state index < -0.39 is 0 Å². The van der Waals surface area contributed by atoms with Crippen molar-refractivity contribution in [2.24, 2.45) is 5.73 Å². The fraction of sp³-hybridized carbons (Fsp3) is 0.500. The average molecular weight is 252 g/mol. The van der Waals surface area contributed by atoms with E-state index in [4.69, 9.17) is 15.9 Å². The van der Waals surface area contributed by atoms with Gasteiger partial charge in [0.15, 0.2) is 0 Å². The van der Waals surface area contributed by atoms with Crippen molar-refractivity contribution in [2.75, 3.05) is 6.61 Å². The normalized spacial score (nSPS) is 10.6. The van der Waals surface area contributed by atoms with Gasteiger partial charge >= 0.3 is 0 Å². The van der Waals surface area contributed by atoms with E-state index in [-0.39, 0.29) is 11.7 Å². The summed E-state index contributed by atoms with van der Waals surface area (Å²) in [4.78, 5) is 0. The molecule has 0 aliphatic heterocycles. The lowest BCUT2D eigenvalue weighted by atomic mass is 10.1. The summed E-state index contributed by atoms with van der Waals surface area (Å²) in [6.45, 7) is 3.23. The van der Waals surface area contributed by atoms with Crippen LogP contribution in [0, 0.1) is 11.2 Å². The van der Waals surface area contributed by atoms with Crippen LogP contribution in [0.15, 0.2) is 18.2 Å². The Labute approximate surface area is 108 Å². The average Bonchev–Trinajstić information content (AvgIpc) is 2.35. The van der Waals surface area contributed by atoms with Gasteiger partial charge in [0.2, 0.25) is 0 Å². The molecule has 0 radical (unpaired) electrons. The number of unbranched alkanes of at least 4 members (excludes halogenated alkanes) is 3. The third-order valence-corrected chi connectivity index (χ3v) is 2.76. The summed E-state index contributed by atoms with van der Waals surface area (Å²) >= 11 is 0. The van der Waals surface area contributed by atoms with Crippen molar-refractivity contribution >= 4 is 5.84 Å². The lowest BCUT2D eigenvalue weighted by molar-refractivity contribution is 0.116. The smallest absolute Gasteiger partial charge is 0.123 e. The van der Waals surface area contributed by atoms with Crippen LogP contribution in [0.1, 0.15) is 43.7 Å². The summed E-state index contributed by atoms with van der Waals surface area (Å²) in [5.74, 6) is -0.508. The highest BCUT2D eigenvalue weighted by Gasteiger charge is 2.07. The van der Waals surface area contributed by atoms with Gasteiger partial charge in [-0.2, -0.15) is 0 Å². The van der Waals surface area contributed by atoms with Crippen LogP contribution in [0.5, 0.6) is 0 Å². The van der Waals surface area contributed by atoms with Crippen molar-refractivity contribution in [3.8, 4) is 0 Å². The van der Waals surface area contributed by atoms with Crippen LogP contribution < -0.4 is 5.73 Å². The quantitative estimate of drug-likeness (QED) is 0.424. The van der Waals surface area contributed by atoms with Crippen molar-refractivity contribution in [2.45, 2.75) is 39.2 Å². The molecule has 0 unspecified atom stereocenters. The number of benzene rings is 1. The third-order valence-electron chi connectivity index (χ3n) is 2.76. The zero-order valence-corrected chi connectivity index (χ0v) is 10.8. The van der Waals surface area contributed by atoms with Crippen molar-refractivity contribution in [3.63, 3.8) is 0 Å². The van der Waals surface area contributed by atoms with E-state index in [1.807, 2.05) is 0 Å². The Bertz CT molecular complexity index is 393. The number of nitrogens with one attached hydrogen (secondary N) is 1. The highest BCUT2D eigenvalue weighted by Crippen LogP contribution is 2.12. The van der Waals surface area contributed by atoms with Crippen molar-refractivity contribution in [3.05, 3.63) is 35.1 Å². The van der Waals surface area contributed by atoms with Crippen LogP contribution in [-0.4, -0.2) is 12.4 Å². The highest BCUT2D eigenvalue weighted by atomic mass is 19.1. The monoisotopic (exact) mass is 252 g/mol. The molecule has 0 aliphatic rings. The van der Waals surface area contributed by atoms with E-state index in [1.54, 1.807) is 6.07 Å². The van der Waals surface area contributed by atoms with Crippen molar-refractivity contribution < 1.29 is 9.13 Å². The second kappa shape index (κ2) is 7.82. The second-order valence-electron chi connectivity index (χ2n) is 4.33. The Morgan fingerprint density at radius 2 is 2.11 bits per heavy atom. The first-order valence-electron chi connectivity index (χ1n) is 6.35. The van der Waals surface area contributed by atoms with Gasteiger partial charge in [0.1, 0.15) is 11.7 Å². The van der Waals surface area contributed by atoms with Gasteiger partial charge < -0.3 is 10.5 Å². The number of nitrogen functional groups attached to an aromatic ring is 1. The molecule has 0 bridgehead atoms. The summed E-state index contributed by atoms with van der Waals surface area (Å²) in [5, 5.41) is 7.40. The predicted octanol–water partition coefficient (Wildman–Crippen LogP) is 3.21. The van der Waals surface area contributed by atoms with Crippen molar-refractivity contribution in [1.29, 1.82) is 5.41 Å². The van der Waals surface area contributed by atoms with E-state index >= 15 is 0 Å². The minimum atomic E-state index is -0.383. The maximum Gasteiger partial charge on any atom is 0.123 e. The zero-order chi connectivity index (χ0) is 13.4. The Morgan fingerprint density at radius 3 is 2.78 bits per heavy atom. The molecule has 1 aromatic rings. The van der Waals surface area contributed by atoms with Gasteiger partial charge in [0, 0.05) is 12.2 Å². The molecule has 18 heavy (non-hydrogen) atoms. The van der Waals surface area contributed by atoms with Gasteiger partial charge in [-0.1, -0.05) is 32.3 Å². The Kier molecular flexibility index (Phi) is 6.36. The molecule has 0 saturated carbocycles. The van der Waals surface area contributed by atoms with Gasteiger partial charge in [-0.05, 0) is 24.1 Å². The van der Waals surface area contributed by atoms with Crippen LogP contribution in [0.2, 0.25) is 0 Å². The largest absolute Gasteiger partial charge is 0.384 e. The standard InChI is InChI=1S/C14H21FN2O/c1-2-3-4-5-8-18-10-11-6-7-12(15)9-13(11)14(16)17/h6-7,9H,2-5,8,10H2,1H3,(H3,16,17). The number of nitrogens with two attached hydrogens (primary N) is 1. The minimum Gasteiger partial charge on any atom is -0.384 e. The summed E-state index contributed by atoms with van der Waals surface area (Å²) in [5.41, 5.74) is 6.60. The minimum absolute atomic E-state index is 0.126. The third kappa shape index (κ3) is 4.84. The van der Waals surface area contributed by atoms with Gasteiger partial charge in [0.25, 0.3) is 0 Å². The molecule has 0 aromatic heterocycles. The Morgan fingerprint density at radius 1 is 1.33 bits per heavy atom. The molecule has 0 amide bonds. The molecule has 4 heteroatoms. The highest BCUT2D eigenvalue weighted by molar-refractivity contribution is 5.96. The lowest BCUT2D eigenvalue weighted by Crippen LogP contribution is -2.15. The molecule has 0 spiro atoms. The molecule has 0 heterocycles. The predicted molar refractivity (Wildman–Crippen MR) is 71.2 cm³/mol. The molecule has 100 valence electrons. The fourth-order valence-electron chi connectivity index (χ4n) is 1.74. The number of halogens is 1. The van der Waals surface area contributed by atoms with Crippen LogP contribution >= 0.6 is 0 Å². The van der Waals surface area contributed by atoms with Gasteiger partial charge in [-0.3, -0.25) is 5.41 Å². The lowest BCUT2D eigenvalue weighted by Gasteiger charge is -2.09. The Hall–Kier alpha value is -1.42. The van der Waals surface area contributed by atoms with E-state index in [0.717, 1.165) is 12.0 Å².